The molecule has 0 saturated carbocycles. The predicted molar refractivity (Wildman–Crippen MR) is 150 cm³/mol. The number of phenols is 3. The van der Waals surface area contributed by atoms with Gasteiger partial charge < -0.3 is 25.1 Å². The molecule has 35 heavy (non-hydrogen) atoms. The van der Waals surface area contributed by atoms with Crippen LogP contribution < -0.4 is 0 Å². The van der Waals surface area contributed by atoms with E-state index in [1.807, 2.05) is 18.2 Å². The first-order valence-electron chi connectivity index (χ1n) is 12.8. The van der Waals surface area contributed by atoms with Crippen molar-refractivity contribution in [2.24, 2.45) is 0 Å². The molecule has 0 unspecified atom stereocenters. The summed E-state index contributed by atoms with van der Waals surface area (Å²) in [7, 11) is 0. The molecule has 5 nitrogen and oxygen atoms in total. The molecule has 3 rings (SSSR count). The lowest BCUT2D eigenvalue weighted by Crippen LogP contribution is -2.32. The molecule has 1 aliphatic rings. The number of phenolic OH excluding ortho intramolecular Hbond substituents is 3. The van der Waals surface area contributed by atoms with Crippen LogP contribution in [0.25, 0.3) is 0 Å². The minimum atomic E-state index is -0.0418. The maximum absolute atomic E-state index is 9.76. The van der Waals surface area contributed by atoms with E-state index in [0.717, 1.165) is 38.0 Å². The molecular formula is C28H44Cl2N2O3. The Morgan fingerprint density at radius 1 is 0.829 bits per heavy atom. The van der Waals surface area contributed by atoms with E-state index in [4.69, 9.17) is 0 Å². The molecule has 1 atom stereocenters. The van der Waals surface area contributed by atoms with E-state index in [1.54, 1.807) is 24.3 Å². The highest BCUT2D eigenvalue weighted by Crippen LogP contribution is 2.28. The zero-order valence-electron chi connectivity index (χ0n) is 21.1. The highest BCUT2D eigenvalue weighted by atomic mass is 35.5. The molecule has 2 aromatic rings. The fourth-order valence-electron chi connectivity index (χ4n) is 4.99. The fourth-order valence-corrected chi connectivity index (χ4v) is 4.99. The number of hydrogen-bond donors (Lipinski definition) is 3. The minimum absolute atomic E-state index is 0. The maximum Gasteiger partial charge on any atom is 0.157 e. The van der Waals surface area contributed by atoms with Crippen LogP contribution >= 0.6 is 24.8 Å². The zero-order chi connectivity index (χ0) is 23.5. The lowest BCUT2D eigenvalue weighted by atomic mass is 10.0. The molecule has 1 heterocycles. The van der Waals surface area contributed by atoms with Crippen molar-refractivity contribution in [1.29, 1.82) is 0 Å². The number of halogens is 2. The topological polar surface area (TPSA) is 67.2 Å². The van der Waals surface area contributed by atoms with E-state index < -0.39 is 0 Å². The SMILES string of the molecule is CCCN(CCCCCCN1CCC[C@@H]1Cc1ccc(O)c(O)c1)CCc1ccc(O)cc1.Cl.Cl. The molecule has 1 saturated heterocycles. The van der Waals surface area contributed by atoms with Gasteiger partial charge in [0.05, 0.1) is 0 Å². The smallest absolute Gasteiger partial charge is 0.157 e. The van der Waals surface area contributed by atoms with Gasteiger partial charge in [0.2, 0.25) is 0 Å². The summed E-state index contributed by atoms with van der Waals surface area (Å²) in [6.45, 7) is 7.99. The number of likely N-dealkylation sites (tertiary alicyclic amines) is 1. The van der Waals surface area contributed by atoms with Crippen molar-refractivity contribution < 1.29 is 15.3 Å². The molecule has 3 N–H and O–H groups in total. The Hall–Kier alpha value is -1.66. The van der Waals surface area contributed by atoms with Crippen LogP contribution in [0.2, 0.25) is 0 Å². The highest BCUT2D eigenvalue weighted by molar-refractivity contribution is 5.85. The van der Waals surface area contributed by atoms with Crippen molar-refractivity contribution in [1.82, 2.24) is 9.80 Å². The first kappa shape index (κ1) is 31.4. The van der Waals surface area contributed by atoms with Gasteiger partial charge in [-0.25, -0.2) is 0 Å². The summed E-state index contributed by atoms with van der Waals surface area (Å²) in [5, 5.41) is 28.7. The van der Waals surface area contributed by atoms with Gasteiger partial charge >= 0.3 is 0 Å². The number of aromatic hydroxyl groups is 3. The van der Waals surface area contributed by atoms with Gasteiger partial charge in [0.25, 0.3) is 0 Å². The average molecular weight is 528 g/mol. The van der Waals surface area contributed by atoms with Gasteiger partial charge in [-0.05, 0) is 107 Å². The third kappa shape index (κ3) is 10.9. The summed E-state index contributed by atoms with van der Waals surface area (Å²) in [5.41, 5.74) is 2.39. The molecule has 1 aliphatic heterocycles. The Bertz CT molecular complexity index is 835. The van der Waals surface area contributed by atoms with Crippen LogP contribution in [0.3, 0.4) is 0 Å². The number of hydrogen-bond acceptors (Lipinski definition) is 5. The van der Waals surface area contributed by atoms with Crippen molar-refractivity contribution in [3.05, 3.63) is 53.6 Å². The van der Waals surface area contributed by atoms with Crippen molar-refractivity contribution in [2.45, 2.75) is 70.8 Å². The molecule has 7 heteroatoms. The van der Waals surface area contributed by atoms with Crippen LogP contribution in [-0.4, -0.2) is 63.9 Å². The Kier molecular flexibility index (Phi) is 15.2. The van der Waals surface area contributed by atoms with E-state index in [0.29, 0.717) is 11.8 Å². The van der Waals surface area contributed by atoms with Gasteiger partial charge in [-0.1, -0.05) is 38.0 Å². The van der Waals surface area contributed by atoms with Crippen molar-refractivity contribution >= 4 is 24.8 Å². The van der Waals surface area contributed by atoms with Crippen LogP contribution in [-0.2, 0) is 12.8 Å². The third-order valence-electron chi connectivity index (χ3n) is 6.87. The van der Waals surface area contributed by atoms with E-state index in [-0.39, 0.29) is 36.3 Å². The first-order valence-corrected chi connectivity index (χ1v) is 12.8. The molecule has 0 aliphatic carbocycles. The zero-order valence-corrected chi connectivity index (χ0v) is 22.7. The van der Waals surface area contributed by atoms with Gasteiger partial charge in [0, 0.05) is 12.6 Å². The summed E-state index contributed by atoms with van der Waals surface area (Å²) >= 11 is 0. The molecule has 0 bridgehead atoms. The standard InChI is InChI=1S/C28H42N2O3.2ClH/c1-2-16-29(20-15-23-9-12-26(31)13-10-23)17-5-3-4-6-18-30-19-7-8-25(30)21-24-11-14-27(32)28(33)22-24;;/h9-14,22,25,31-33H,2-8,15-21H2,1H3;2*1H/t25-;;/m1../s1. The van der Waals surface area contributed by atoms with Crippen molar-refractivity contribution in [2.75, 3.05) is 32.7 Å². The number of nitrogens with zero attached hydrogens (tertiary/aromatic N) is 2. The molecule has 0 spiro atoms. The monoisotopic (exact) mass is 526 g/mol. The third-order valence-corrected chi connectivity index (χ3v) is 6.87. The highest BCUT2D eigenvalue weighted by Gasteiger charge is 2.24. The van der Waals surface area contributed by atoms with Gasteiger partial charge in [-0.2, -0.15) is 0 Å². The van der Waals surface area contributed by atoms with E-state index in [1.165, 1.54) is 63.6 Å². The Labute approximate surface area is 224 Å². The molecular weight excluding hydrogens is 483 g/mol. The molecule has 198 valence electrons. The normalized spacial score (nSPS) is 15.7. The Morgan fingerprint density at radius 2 is 1.54 bits per heavy atom. The molecule has 2 aromatic carbocycles. The second kappa shape index (κ2) is 16.9. The largest absolute Gasteiger partial charge is 0.508 e. The summed E-state index contributed by atoms with van der Waals surface area (Å²) in [4.78, 5) is 5.20. The molecule has 0 amide bonds. The summed E-state index contributed by atoms with van der Waals surface area (Å²) < 4.78 is 0. The van der Waals surface area contributed by atoms with E-state index >= 15 is 0 Å². The number of unbranched alkanes of at least 4 members (excludes halogenated alkanes) is 3. The molecule has 0 aromatic heterocycles. The Morgan fingerprint density at radius 3 is 2.26 bits per heavy atom. The van der Waals surface area contributed by atoms with Crippen LogP contribution in [0.15, 0.2) is 42.5 Å². The van der Waals surface area contributed by atoms with Gasteiger partial charge in [0.1, 0.15) is 5.75 Å². The van der Waals surface area contributed by atoms with Gasteiger partial charge in [0.15, 0.2) is 11.5 Å². The second-order valence-electron chi connectivity index (χ2n) is 9.53. The quantitative estimate of drug-likeness (QED) is 0.203. The van der Waals surface area contributed by atoms with Crippen LogP contribution in [0.1, 0.15) is 63.0 Å². The van der Waals surface area contributed by atoms with Crippen LogP contribution in [0.4, 0.5) is 0 Å². The van der Waals surface area contributed by atoms with Crippen molar-refractivity contribution in [3.63, 3.8) is 0 Å². The average Bonchev–Trinajstić information content (AvgIpc) is 3.24. The summed E-state index contributed by atoms with van der Waals surface area (Å²) in [5.74, 6) is 0.279. The van der Waals surface area contributed by atoms with Crippen LogP contribution in [0, 0.1) is 0 Å². The lowest BCUT2D eigenvalue weighted by Gasteiger charge is -2.25. The fraction of sp³-hybridized carbons (Fsp3) is 0.571. The maximum atomic E-state index is 9.76. The first-order chi connectivity index (χ1) is 16.0. The summed E-state index contributed by atoms with van der Waals surface area (Å²) in [6, 6.07) is 13.4. The minimum Gasteiger partial charge on any atom is -0.508 e. The molecule has 1 fully saturated rings. The van der Waals surface area contributed by atoms with E-state index in [2.05, 4.69) is 16.7 Å². The van der Waals surface area contributed by atoms with Gasteiger partial charge in [-0.3, -0.25) is 0 Å². The molecule has 0 radical (unpaired) electrons. The second-order valence-corrected chi connectivity index (χ2v) is 9.53. The summed E-state index contributed by atoms with van der Waals surface area (Å²) in [6.07, 6.45) is 10.7. The Balaban J connectivity index is 0.00000306. The lowest BCUT2D eigenvalue weighted by molar-refractivity contribution is 0.242. The number of benzene rings is 2. The van der Waals surface area contributed by atoms with E-state index in [9.17, 15) is 15.3 Å². The van der Waals surface area contributed by atoms with Gasteiger partial charge in [-0.15, -0.1) is 24.8 Å². The van der Waals surface area contributed by atoms with Crippen molar-refractivity contribution in [3.8, 4) is 17.2 Å². The predicted octanol–water partition coefficient (Wildman–Crippen LogP) is 6.17. The number of rotatable bonds is 14. The van der Waals surface area contributed by atoms with Crippen LogP contribution in [0.5, 0.6) is 17.2 Å².